The number of methoxy groups -OCH3 is 1. The second-order valence-corrected chi connectivity index (χ2v) is 6.17. The Balaban J connectivity index is 2.40. The van der Waals surface area contributed by atoms with E-state index in [0.29, 0.717) is 23.9 Å². The second kappa shape index (κ2) is 6.92. The first-order valence-corrected chi connectivity index (χ1v) is 7.77. The van der Waals surface area contributed by atoms with Gasteiger partial charge in [-0.1, -0.05) is 39.7 Å². The molecule has 1 aromatic heterocycles. The van der Waals surface area contributed by atoms with Gasteiger partial charge in [0.1, 0.15) is 6.10 Å². The largest absolute Gasteiger partial charge is 0.383 e. The van der Waals surface area contributed by atoms with Gasteiger partial charge in [-0.05, 0) is 30.5 Å². The van der Waals surface area contributed by atoms with Gasteiger partial charge in [0.05, 0.1) is 30.1 Å². The van der Waals surface area contributed by atoms with E-state index < -0.39 is 6.10 Å². The van der Waals surface area contributed by atoms with E-state index in [4.69, 9.17) is 16.3 Å². The number of aromatic nitrogens is 2. The third kappa shape index (κ3) is 3.48. The summed E-state index contributed by atoms with van der Waals surface area (Å²) in [6.07, 6.45) is 0.733. The SMILES string of the molecule is COCCn1ncc(Cl)c1C(O)c1cc(C)c(Br)c(C)c1. The molecule has 114 valence electrons. The molecule has 0 aliphatic carbocycles. The van der Waals surface area contributed by atoms with Crippen LogP contribution in [0.15, 0.2) is 22.8 Å². The molecule has 21 heavy (non-hydrogen) atoms. The zero-order valence-electron chi connectivity index (χ0n) is 12.2. The van der Waals surface area contributed by atoms with Crippen LogP contribution in [0.25, 0.3) is 0 Å². The van der Waals surface area contributed by atoms with E-state index in [2.05, 4.69) is 21.0 Å². The van der Waals surface area contributed by atoms with Gasteiger partial charge < -0.3 is 9.84 Å². The smallest absolute Gasteiger partial charge is 0.122 e. The van der Waals surface area contributed by atoms with Crippen molar-refractivity contribution in [2.75, 3.05) is 13.7 Å². The Morgan fingerprint density at radius 2 is 2.00 bits per heavy atom. The lowest BCUT2D eigenvalue weighted by Gasteiger charge is -2.16. The second-order valence-electron chi connectivity index (χ2n) is 4.96. The third-order valence-corrected chi connectivity index (χ3v) is 4.92. The number of ether oxygens (including phenoxy) is 1. The minimum atomic E-state index is -0.817. The van der Waals surface area contributed by atoms with Gasteiger partial charge in [0.15, 0.2) is 0 Å². The quantitative estimate of drug-likeness (QED) is 0.870. The van der Waals surface area contributed by atoms with Crippen LogP contribution in [0.5, 0.6) is 0 Å². The van der Waals surface area contributed by atoms with Crippen LogP contribution < -0.4 is 0 Å². The highest BCUT2D eigenvalue weighted by atomic mass is 79.9. The Labute approximate surface area is 137 Å². The number of rotatable bonds is 5. The maximum atomic E-state index is 10.7. The number of halogens is 2. The maximum absolute atomic E-state index is 10.7. The lowest BCUT2D eigenvalue weighted by Crippen LogP contribution is -2.14. The third-order valence-electron chi connectivity index (χ3n) is 3.37. The highest BCUT2D eigenvalue weighted by molar-refractivity contribution is 9.10. The first-order valence-electron chi connectivity index (χ1n) is 6.60. The monoisotopic (exact) mass is 372 g/mol. The van der Waals surface area contributed by atoms with Gasteiger partial charge in [-0.2, -0.15) is 5.10 Å². The van der Waals surface area contributed by atoms with Crippen molar-refractivity contribution in [1.82, 2.24) is 9.78 Å². The van der Waals surface area contributed by atoms with Gasteiger partial charge in [-0.3, -0.25) is 4.68 Å². The molecular weight excluding hydrogens is 356 g/mol. The van der Waals surface area contributed by atoms with Crippen molar-refractivity contribution in [3.63, 3.8) is 0 Å². The zero-order chi connectivity index (χ0) is 15.6. The predicted molar refractivity (Wildman–Crippen MR) is 86.8 cm³/mol. The van der Waals surface area contributed by atoms with Crippen LogP contribution in [-0.2, 0) is 11.3 Å². The van der Waals surface area contributed by atoms with E-state index in [1.807, 2.05) is 26.0 Å². The highest BCUT2D eigenvalue weighted by Crippen LogP contribution is 2.31. The van der Waals surface area contributed by atoms with Crippen LogP contribution >= 0.6 is 27.5 Å². The summed E-state index contributed by atoms with van der Waals surface area (Å²) in [4.78, 5) is 0. The van der Waals surface area contributed by atoms with E-state index in [-0.39, 0.29) is 0 Å². The molecule has 1 N–H and O–H groups in total. The Bertz CT molecular complexity index is 620. The normalized spacial score (nSPS) is 12.7. The summed E-state index contributed by atoms with van der Waals surface area (Å²) in [7, 11) is 1.63. The molecule has 1 aromatic carbocycles. The number of hydrogen-bond acceptors (Lipinski definition) is 3. The number of aliphatic hydroxyl groups is 1. The molecule has 0 spiro atoms. The lowest BCUT2D eigenvalue weighted by atomic mass is 10.0. The van der Waals surface area contributed by atoms with Crippen LogP contribution in [0.2, 0.25) is 5.02 Å². The van der Waals surface area contributed by atoms with Gasteiger partial charge in [-0.25, -0.2) is 0 Å². The number of aliphatic hydroxyl groups excluding tert-OH is 1. The fraction of sp³-hybridized carbons (Fsp3) is 0.400. The Morgan fingerprint density at radius 3 is 2.57 bits per heavy atom. The van der Waals surface area contributed by atoms with E-state index >= 15 is 0 Å². The highest BCUT2D eigenvalue weighted by Gasteiger charge is 2.21. The lowest BCUT2D eigenvalue weighted by molar-refractivity contribution is 0.171. The van der Waals surface area contributed by atoms with Crippen LogP contribution in [0.3, 0.4) is 0 Å². The van der Waals surface area contributed by atoms with Crippen LogP contribution in [0.1, 0.15) is 28.5 Å². The van der Waals surface area contributed by atoms with E-state index in [1.165, 1.54) is 0 Å². The molecule has 0 bridgehead atoms. The number of nitrogens with zero attached hydrogens (tertiary/aromatic N) is 2. The van der Waals surface area contributed by atoms with E-state index in [9.17, 15) is 5.11 Å². The Kier molecular flexibility index (Phi) is 5.43. The standard InChI is InChI=1S/C15H18BrClN2O2/c1-9-6-11(7-10(2)13(9)16)15(20)14-12(17)8-18-19(14)4-5-21-3/h6-8,15,20H,4-5H2,1-3H3. The molecule has 2 aromatic rings. The maximum Gasteiger partial charge on any atom is 0.122 e. The minimum absolute atomic E-state index is 0.455. The summed E-state index contributed by atoms with van der Waals surface area (Å²) in [5.41, 5.74) is 3.54. The van der Waals surface area contributed by atoms with Gasteiger partial charge in [0.2, 0.25) is 0 Å². The fourth-order valence-electron chi connectivity index (χ4n) is 2.29. The van der Waals surface area contributed by atoms with Crippen molar-refractivity contribution in [3.05, 3.63) is 50.2 Å². The van der Waals surface area contributed by atoms with Crippen molar-refractivity contribution in [3.8, 4) is 0 Å². The molecule has 1 heterocycles. The molecule has 0 saturated heterocycles. The molecule has 0 aliphatic heterocycles. The summed E-state index contributed by atoms with van der Waals surface area (Å²) in [6.45, 7) is 5.05. The molecule has 6 heteroatoms. The van der Waals surface area contributed by atoms with Crippen molar-refractivity contribution >= 4 is 27.5 Å². The minimum Gasteiger partial charge on any atom is -0.383 e. The molecule has 0 saturated carbocycles. The van der Waals surface area contributed by atoms with Crippen LogP contribution in [0.4, 0.5) is 0 Å². The summed E-state index contributed by atoms with van der Waals surface area (Å²) in [5.74, 6) is 0. The first kappa shape index (κ1) is 16.5. The summed E-state index contributed by atoms with van der Waals surface area (Å²) >= 11 is 9.72. The van der Waals surface area contributed by atoms with Crippen LogP contribution in [0, 0.1) is 13.8 Å². The number of benzene rings is 1. The average Bonchev–Trinajstić information content (AvgIpc) is 2.82. The predicted octanol–water partition coefficient (Wildman–Crippen LogP) is 3.64. The molecular formula is C15H18BrClN2O2. The topological polar surface area (TPSA) is 47.3 Å². The summed E-state index contributed by atoms with van der Waals surface area (Å²) < 4.78 is 7.79. The molecule has 1 atom stereocenters. The van der Waals surface area contributed by atoms with Crippen molar-refractivity contribution in [2.45, 2.75) is 26.5 Å². The Morgan fingerprint density at radius 1 is 1.38 bits per heavy atom. The first-order chi connectivity index (χ1) is 9.95. The zero-order valence-corrected chi connectivity index (χ0v) is 14.6. The van der Waals surface area contributed by atoms with Crippen molar-refractivity contribution in [1.29, 1.82) is 0 Å². The van der Waals surface area contributed by atoms with E-state index in [0.717, 1.165) is 21.2 Å². The molecule has 0 fully saturated rings. The molecule has 0 aliphatic rings. The van der Waals surface area contributed by atoms with Crippen molar-refractivity contribution in [2.24, 2.45) is 0 Å². The molecule has 0 radical (unpaired) electrons. The van der Waals surface area contributed by atoms with E-state index in [1.54, 1.807) is 18.0 Å². The van der Waals surface area contributed by atoms with Gasteiger partial charge in [0, 0.05) is 11.6 Å². The molecule has 0 amide bonds. The Hall–Kier alpha value is -0.880. The van der Waals surface area contributed by atoms with Gasteiger partial charge in [0.25, 0.3) is 0 Å². The number of hydrogen-bond donors (Lipinski definition) is 1. The molecule has 1 unspecified atom stereocenters. The fourth-order valence-corrected chi connectivity index (χ4v) is 2.77. The van der Waals surface area contributed by atoms with Gasteiger partial charge in [-0.15, -0.1) is 0 Å². The summed E-state index contributed by atoms with van der Waals surface area (Å²) in [6, 6.07) is 3.90. The average molecular weight is 374 g/mol. The van der Waals surface area contributed by atoms with Crippen LogP contribution in [-0.4, -0.2) is 28.6 Å². The van der Waals surface area contributed by atoms with Crippen molar-refractivity contribution < 1.29 is 9.84 Å². The molecule has 4 nitrogen and oxygen atoms in total. The molecule has 2 rings (SSSR count). The number of aryl methyl sites for hydroxylation is 2. The summed E-state index contributed by atoms with van der Waals surface area (Å²) in [5, 5.41) is 15.3. The van der Waals surface area contributed by atoms with Gasteiger partial charge >= 0.3 is 0 Å².